The molecule has 27 heavy (non-hydrogen) atoms. The van der Waals surface area contributed by atoms with Crippen LogP contribution in [0.5, 0.6) is 0 Å². The van der Waals surface area contributed by atoms with E-state index >= 15 is 0 Å². The molecule has 0 aliphatic heterocycles. The zero-order valence-corrected chi connectivity index (χ0v) is 16.5. The number of fused-ring (bicyclic) bond motifs is 2. The van der Waals surface area contributed by atoms with Crippen molar-refractivity contribution in [3.8, 4) is 0 Å². The predicted molar refractivity (Wildman–Crippen MR) is 112 cm³/mol. The zero-order valence-electron chi connectivity index (χ0n) is 16.5. The lowest BCUT2D eigenvalue weighted by molar-refractivity contribution is 0.0302. The van der Waals surface area contributed by atoms with Gasteiger partial charge in [-0.25, -0.2) is 4.79 Å². The van der Waals surface area contributed by atoms with Gasteiger partial charge >= 0.3 is 6.09 Å². The fourth-order valence-corrected chi connectivity index (χ4v) is 3.09. The van der Waals surface area contributed by atoms with Crippen molar-refractivity contribution in [3.05, 3.63) is 76.2 Å². The lowest BCUT2D eigenvalue weighted by atomic mass is 9.99. The van der Waals surface area contributed by atoms with E-state index in [1.54, 1.807) is 11.9 Å². The second kappa shape index (κ2) is 7.83. The van der Waals surface area contributed by atoms with E-state index in [0.29, 0.717) is 6.54 Å². The molecule has 0 aromatic heterocycles. The fraction of sp³-hybridized carbons (Fsp3) is 0.292. The highest BCUT2D eigenvalue weighted by molar-refractivity contribution is 5.92. The zero-order chi connectivity index (χ0) is 19.4. The second-order valence-corrected chi connectivity index (χ2v) is 7.85. The Kier molecular flexibility index (Phi) is 5.50. The van der Waals surface area contributed by atoms with E-state index in [1.807, 2.05) is 20.8 Å². The minimum atomic E-state index is -0.475. The number of allylic oxidation sites excluding steroid dienone is 1. The van der Waals surface area contributed by atoms with Crippen LogP contribution in [0, 0.1) is 0 Å². The van der Waals surface area contributed by atoms with Crippen LogP contribution < -0.4 is 10.4 Å². The van der Waals surface area contributed by atoms with Crippen molar-refractivity contribution in [3.63, 3.8) is 0 Å². The molecule has 0 atom stereocenters. The number of benzene rings is 2. The smallest absolute Gasteiger partial charge is 0.410 e. The van der Waals surface area contributed by atoms with Crippen LogP contribution in [0.15, 0.2) is 54.6 Å². The molecule has 140 valence electrons. The van der Waals surface area contributed by atoms with Crippen LogP contribution in [-0.4, -0.2) is 30.2 Å². The molecule has 1 amide bonds. The van der Waals surface area contributed by atoms with Crippen molar-refractivity contribution in [2.45, 2.75) is 32.8 Å². The average molecular weight is 361 g/mol. The maximum absolute atomic E-state index is 12.1. The molecule has 1 aliphatic rings. The quantitative estimate of drug-likeness (QED) is 0.828. The van der Waals surface area contributed by atoms with Crippen molar-refractivity contribution in [2.75, 3.05) is 13.6 Å². The van der Waals surface area contributed by atoms with Gasteiger partial charge in [0.1, 0.15) is 5.60 Å². The van der Waals surface area contributed by atoms with E-state index in [2.05, 4.69) is 66.8 Å². The van der Waals surface area contributed by atoms with Crippen LogP contribution in [0.2, 0.25) is 0 Å². The maximum Gasteiger partial charge on any atom is 0.410 e. The standard InChI is InChI=1S/C24H27NO2/c1-24(2,3)27-23(26)25(4)15-9-13-21-17-19-11-6-5-10-18(19)16-20-12-7-8-14-22(20)21/h5-8,10-14,16-17H,9,15H2,1-4H3/b21-13-. The molecule has 0 unspecified atom stereocenters. The van der Waals surface area contributed by atoms with Crippen molar-refractivity contribution in [2.24, 2.45) is 0 Å². The van der Waals surface area contributed by atoms with E-state index in [4.69, 9.17) is 4.74 Å². The first-order valence-electron chi connectivity index (χ1n) is 9.36. The molecular formula is C24H27NO2. The molecule has 2 aromatic rings. The Labute approximate surface area is 161 Å². The van der Waals surface area contributed by atoms with Crippen LogP contribution in [-0.2, 0) is 4.74 Å². The molecule has 0 N–H and O–H groups in total. The minimum absolute atomic E-state index is 0.287. The molecule has 0 spiro atoms. The Morgan fingerprint density at radius 3 is 2.33 bits per heavy atom. The summed E-state index contributed by atoms with van der Waals surface area (Å²) in [4.78, 5) is 13.8. The van der Waals surface area contributed by atoms with Gasteiger partial charge in [0.15, 0.2) is 0 Å². The van der Waals surface area contributed by atoms with Gasteiger partial charge in [-0.1, -0.05) is 54.6 Å². The Balaban J connectivity index is 1.83. The number of carbonyl (C=O) groups excluding carboxylic acids is 1. The summed E-state index contributed by atoms with van der Waals surface area (Å²) in [5, 5.41) is 2.43. The normalized spacial score (nSPS) is 14.3. The lowest BCUT2D eigenvalue weighted by Crippen LogP contribution is -2.34. The number of nitrogens with zero attached hydrogens (tertiary/aromatic N) is 1. The monoisotopic (exact) mass is 361 g/mol. The van der Waals surface area contributed by atoms with Crippen LogP contribution in [0.25, 0.3) is 17.7 Å². The fourth-order valence-electron chi connectivity index (χ4n) is 3.09. The van der Waals surface area contributed by atoms with E-state index in [-0.39, 0.29) is 6.09 Å². The third-order valence-electron chi connectivity index (χ3n) is 4.42. The van der Waals surface area contributed by atoms with Crippen molar-refractivity contribution in [1.82, 2.24) is 4.90 Å². The molecule has 2 aromatic carbocycles. The van der Waals surface area contributed by atoms with Crippen LogP contribution in [0.3, 0.4) is 0 Å². The van der Waals surface area contributed by atoms with Gasteiger partial charge in [-0.05, 0) is 66.5 Å². The minimum Gasteiger partial charge on any atom is -0.444 e. The Hall–Kier alpha value is -2.81. The number of hydrogen-bond acceptors (Lipinski definition) is 2. The highest BCUT2D eigenvalue weighted by Crippen LogP contribution is 2.23. The second-order valence-electron chi connectivity index (χ2n) is 7.85. The van der Waals surface area contributed by atoms with Gasteiger partial charge in [0.2, 0.25) is 0 Å². The third-order valence-corrected chi connectivity index (χ3v) is 4.42. The van der Waals surface area contributed by atoms with E-state index < -0.39 is 5.60 Å². The molecule has 0 radical (unpaired) electrons. The predicted octanol–water partition coefficient (Wildman–Crippen LogP) is 3.95. The SMILES string of the molecule is CN(CC/C=C1/C=c2ccccc2=Cc2ccccc21)C(=O)OC(C)(C)C. The summed E-state index contributed by atoms with van der Waals surface area (Å²) in [6.07, 6.45) is 7.14. The molecule has 0 bridgehead atoms. The molecule has 3 rings (SSSR count). The van der Waals surface area contributed by atoms with Gasteiger partial charge in [0.25, 0.3) is 0 Å². The lowest BCUT2D eigenvalue weighted by Gasteiger charge is -2.24. The Bertz CT molecular complexity index is 980. The molecule has 1 aliphatic carbocycles. The topological polar surface area (TPSA) is 29.5 Å². The molecule has 0 saturated heterocycles. The van der Waals surface area contributed by atoms with Crippen LogP contribution in [0.1, 0.15) is 38.3 Å². The molecule has 3 heteroatoms. The van der Waals surface area contributed by atoms with Gasteiger partial charge in [0.05, 0.1) is 0 Å². The van der Waals surface area contributed by atoms with Crippen molar-refractivity contribution < 1.29 is 9.53 Å². The van der Waals surface area contributed by atoms with Gasteiger partial charge in [-0.2, -0.15) is 0 Å². The molecule has 3 nitrogen and oxygen atoms in total. The molecule has 0 fully saturated rings. The van der Waals surface area contributed by atoms with Gasteiger partial charge in [-0.15, -0.1) is 0 Å². The largest absolute Gasteiger partial charge is 0.444 e. The van der Waals surface area contributed by atoms with E-state index in [1.165, 1.54) is 27.1 Å². The first kappa shape index (κ1) is 19.0. The summed E-state index contributed by atoms with van der Waals surface area (Å²) in [7, 11) is 1.78. The first-order chi connectivity index (χ1) is 12.8. The van der Waals surface area contributed by atoms with Gasteiger partial charge < -0.3 is 9.64 Å². The Morgan fingerprint density at radius 1 is 1.00 bits per heavy atom. The summed E-state index contributed by atoms with van der Waals surface area (Å²) in [6, 6.07) is 16.8. The third kappa shape index (κ3) is 4.88. The highest BCUT2D eigenvalue weighted by atomic mass is 16.6. The summed E-state index contributed by atoms with van der Waals surface area (Å²) in [5.41, 5.74) is 3.14. The summed E-state index contributed by atoms with van der Waals surface area (Å²) >= 11 is 0. The summed E-state index contributed by atoms with van der Waals surface area (Å²) in [5.74, 6) is 0. The van der Waals surface area contributed by atoms with Crippen LogP contribution >= 0.6 is 0 Å². The highest BCUT2D eigenvalue weighted by Gasteiger charge is 2.19. The van der Waals surface area contributed by atoms with E-state index in [0.717, 1.165) is 6.42 Å². The van der Waals surface area contributed by atoms with Crippen molar-refractivity contribution in [1.29, 1.82) is 0 Å². The van der Waals surface area contributed by atoms with Crippen molar-refractivity contribution >= 4 is 23.8 Å². The van der Waals surface area contributed by atoms with Crippen LogP contribution in [0.4, 0.5) is 4.79 Å². The van der Waals surface area contributed by atoms with Gasteiger partial charge in [0, 0.05) is 13.6 Å². The maximum atomic E-state index is 12.1. The van der Waals surface area contributed by atoms with Gasteiger partial charge in [-0.3, -0.25) is 0 Å². The molecule has 0 saturated carbocycles. The first-order valence-corrected chi connectivity index (χ1v) is 9.36. The van der Waals surface area contributed by atoms with E-state index in [9.17, 15) is 4.79 Å². The number of hydrogen-bond donors (Lipinski definition) is 0. The average Bonchev–Trinajstić information content (AvgIpc) is 2.76. The number of amides is 1. The molecular weight excluding hydrogens is 334 g/mol. The number of ether oxygens (including phenoxy) is 1. The summed E-state index contributed by atoms with van der Waals surface area (Å²) in [6.45, 7) is 6.25. The number of carbonyl (C=O) groups is 1. The molecule has 0 heterocycles. The Morgan fingerprint density at radius 2 is 1.63 bits per heavy atom. The summed E-state index contributed by atoms with van der Waals surface area (Å²) < 4.78 is 5.42. The number of rotatable bonds is 3.